The standard InChI is InChI=1S/C21H22F2N4.HI/c1-24-21(25-10-9-13-12-26-18-8-3-2-5-14(13)18)27-19-11-15(19)20-16(22)6-4-7-17(20)23;/h2-8,12,15,19,26H,9-11H2,1H3,(H2,24,25,27);1H. The van der Waals surface area contributed by atoms with Crippen molar-refractivity contribution >= 4 is 40.8 Å². The Morgan fingerprint density at radius 2 is 1.89 bits per heavy atom. The van der Waals surface area contributed by atoms with E-state index in [2.05, 4.69) is 32.7 Å². The Morgan fingerprint density at radius 1 is 1.14 bits per heavy atom. The number of guanidine groups is 1. The first kappa shape index (κ1) is 20.6. The largest absolute Gasteiger partial charge is 0.361 e. The third kappa shape index (κ3) is 4.29. The second kappa shape index (κ2) is 8.89. The molecule has 148 valence electrons. The van der Waals surface area contributed by atoms with Gasteiger partial charge in [0.1, 0.15) is 11.6 Å². The highest BCUT2D eigenvalue weighted by Crippen LogP contribution is 2.43. The zero-order chi connectivity index (χ0) is 18.8. The van der Waals surface area contributed by atoms with Gasteiger partial charge in [-0.3, -0.25) is 4.99 Å². The Hall–Kier alpha value is -2.16. The van der Waals surface area contributed by atoms with Crippen LogP contribution in [0, 0.1) is 11.6 Å². The normalized spacial score (nSPS) is 18.6. The molecule has 4 rings (SSSR count). The van der Waals surface area contributed by atoms with Crippen LogP contribution in [-0.2, 0) is 6.42 Å². The Labute approximate surface area is 179 Å². The van der Waals surface area contributed by atoms with Gasteiger partial charge < -0.3 is 15.6 Å². The minimum absolute atomic E-state index is 0. The SMILES string of the molecule is CN=C(NCCc1c[nH]c2ccccc12)NC1CC1c1c(F)cccc1F.I. The lowest BCUT2D eigenvalue weighted by molar-refractivity contribution is 0.553. The Bertz CT molecular complexity index is 965. The highest BCUT2D eigenvalue weighted by molar-refractivity contribution is 14.0. The summed E-state index contributed by atoms with van der Waals surface area (Å²) in [7, 11) is 1.70. The van der Waals surface area contributed by atoms with Crippen molar-refractivity contribution < 1.29 is 8.78 Å². The number of aromatic nitrogens is 1. The van der Waals surface area contributed by atoms with Crippen LogP contribution < -0.4 is 10.6 Å². The maximum Gasteiger partial charge on any atom is 0.191 e. The van der Waals surface area contributed by atoms with Gasteiger partial charge in [0.2, 0.25) is 0 Å². The maximum atomic E-state index is 13.9. The third-order valence-corrected chi connectivity index (χ3v) is 5.07. The minimum atomic E-state index is -0.480. The second-order valence-electron chi connectivity index (χ2n) is 6.84. The molecule has 7 heteroatoms. The predicted molar refractivity (Wildman–Crippen MR) is 119 cm³/mol. The Kier molecular flexibility index (Phi) is 6.53. The monoisotopic (exact) mass is 496 g/mol. The first-order valence-electron chi connectivity index (χ1n) is 9.13. The lowest BCUT2D eigenvalue weighted by Gasteiger charge is -2.12. The number of H-pyrrole nitrogens is 1. The number of fused-ring (bicyclic) bond motifs is 1. The third-order valence-electron chi connectivity index (χ3n) is 5.07. The highest BCUT2D eigenvalue weighted by atomic mass is 127. The quantitative estimate of drug-likeness (QED) is 0.280. The summed E-state index contributed by atoms with van der Waals surface area (Å²) < 4.78 is 27.8. The fourth-order valence-electron chi connectivity index (χ4n) is 3.56. The topological polar surface area (TPSA) is 52.2 Å². The number of nitrogens with one attached hydrogen (secondary N) is 3. The molecule has 0 radical (unpaired) electrons. The van der Waals surface area contributed by atoms with Crippen molar-refractivity contribution in [2.75, 3.05) is 13.6 Å². The number of para-hydroxylation sites is 1. The number of hydrogen-bond donors (Lipinski definition) is 3. The van der Waals surface area contributed by atoms with E-state index in [-0.39, 0.29) is 41.5 Å². The lowest BCUT2D eigenvalue weighted by atomic mass is 10.1. The van der Waals surface area contributed by atoms with Crippen LogP contribution in [0.2, 0.25) is 0 Å². The van der Waals surface area contributed by atoms with Crippen molar-refractivity contribution in [1.29, 1.82) is 0 Å². The van der Waals surface area contributed by atoms with Gasteiger partial charge in [-0.25, -0.2) is 8.78 Å². The molecule has 28 heavy (non-hydrogen) atoms. The summed E-state index contributed by atoms with van der Waals surface area (Å²) in [5, 5.41) is 7.76. The van der Waals surface area contributed by atoms with Gasteiger partial charge in [-0.05, 0) is 36.6 Å². The number of aliphatic imine (C=N–C) groups is 1. The molecular weight excluding hydrogens is 473 g/mol. The molecule has 0 saturated heterocycles. The number of hydrogen-bond acceptors (Lipinski definition) is 1. The Morgan fingerprint density at radius 3 is 2.64 bits per heavy atom. The number of rotatable bonds is 5. The molecule has 4 nitrogen and oxygen atoms in total. The molecule has 1 aliphatic rings. The summed E-state index contributed by atoms with van der Waals surface area (Å²) in [5.74, 6) is -0.462. The summed E-state index contributed by atoms with van der Waals surface area (Å²) in [5.41, 5.74) is 2.54. The molecule has 1 heterocycles. The number of aromatic amines is 1. The molecule has 2 atom stereocenters. The van der Waals surface area contributed by atoms with Crippen molar-refractivity contribution in [3.05, 3.63) is 71.4 Å². The van der Waals surface area contributed by atoms with E-state index in [4.69, 9.17) is 0 Å². The molecule has 0 bridgehead atoms. The molecule has 1 aliphatic carbocycles. The summed E-state index contributed by atoms with van der Waals surface area (Å²) in [6.45, 7) is 0.715. The molecule has 1 saturated carbocycles. The van der Waals surface area contributed by atoms with Crippen LogP contribution in [-0.4, -0.2) is 30.6 Å². The molecule has 2 aromatic carbocycles. The average Bonchev–Trinajstić information content (AvgIpc) is 3.29. The number of halogens is 3. The molecule has 2 unspecified atom stereocenters. The van der Waals surface area contributed by atoms with Crippen LogP contribution in [0.15, 0.2) is 53.7 Å². The van der Waals surface area contributed by atoms with Gasteiger partial charge in [0.15, 0.2) is 5.96 Å². The predicted octanol–water partition coefficient (Wildman–Crippen LogP) is 4.33. The number of benzene rings is 2. The van der Waals surface area contributed by atoms with E-state index in [1.54, 1.807) is 7.05 Å². The van der Waals surface area contributed by atoms with Gasteiger partial charge >= 0.3 is 0 Å². The molecule has 0 spiro atoms. The highest BCUT2D eigenvalue weighted by Gasteiger charge is 2.42. The van der Waals surface area contributed by atoms with E-state index in [1.807, 2.05) is 18.3 Å². The van der Waals surface area contributed by atoms with Gasteiger partial charge in [-0.2, -0.15) is 0 Å². The van der Waals surface area contributed by atoms with Crippen LogP contribution in [0.3, 0.4) is 0 Å². The van der Waals surface area contributed by atoms with Gasteiger partial charge in [0, 0.05) is 48.2 Å². The number of nitrogens with zero attached hydrogens (tertiary/aromatic N) is 1. The zero-order valence-corrected chi connectivity index (χ0v) is 17.8. The van der Waals surface area contributed by atoms with Crippen LogP contribution in [0.4, 0.5) is 8.78 Å². The van der Waals surface area contributed by atoms with Gasteiger partial charge in [-0.15, -0.1) is 24.0 Å². The molecule has 1 aromatic heterocycles. The average molecular weight is 496 g/mol. The van der Waals surface area contributed by atoms with E-state index in [0.717, 1.165) is 11.9 Å². The minimum Gasteiger partial charge on any atom is -0.361 e. The Balaban J connectivity index is 0.00000225. The van der Waals surface area contributed by atoms with Crippen molar-refractivity contribution in [3.8, 4) is 0 Å². The fraction of sp³-hybridized carbons (Fsp3) is 0.286. The van der Waals surface area contributed by atoms with Crippen molar-refractivity contribution in [2.45, 2.75) is 24.8 Å². The van der Waals surface area contributed by atoms with Crippen LogP contribution in [0.5, 0.6) is 0 Å². The van der Waals surface area contributed by atoms with E-state index in [1.165, 1.54) is 29.1 Å². The molecule has 0 amide bonds. The van der Waals surface area contributed by atoms with Crippen molar-refractivity contribution in [2.24, 2.45) is 4.99 Å². The van der Waals surface area contributed by atoms with Gasteiger partial charge in [-0.1, -0.05) is 24.3 Å². The summed E-state index contributed by atoms with van der Waals surface area (Å²) in [4.78, 5) is 7.49. The van der Waals surface area contributed by atoms with E-state index in [9.17, 15) is 8.78 Å². The van der Waals surface area contributed by atoms with Crippen LogP contribution in [0.25, 0.3) is 10.9 Å². The van der Waals surface area contributed by atoms with Crippen LogP contribution >= 0.6 is 24.0 Å². The summed E-state index contributed by atoms with van der Waals surface area (Å²) in [6, 6.07) is 12.2. The van der Waals surface area contributed by atoms with Crippen molar-refractivity contribution in [1.82, 2.24) is 15.6 Å². The smallest absolute Gasteiger partial charge is 0.191 e. The van der Waals surface area contributed by atoms with E-state index in [0.29, 0.717) is 18.9 Å². The first-order valence-corrected chi connectivity index (χ1v) is 9.13. The molecule has 1 fully saturated rings. The fourth-order valence-corrected chi connectivity index (χ4v) is 3.56. The van der Waals surface area contributed by atoms with Crippen LogP contribution in [0.1, 0.15) is 23.5 Å². The molecule has 3 aromatic rings. The molecular formula is C21H23F2IN4. The van der Waals surface area contributed by atoms with Crippen molar-refractivity contribution in [3.63, 3.8) is 0 Å². The van der Waals surface area contributed by atoms with Gasteiger partial charge in [0.25, 0.3) is 0 Å². The van der Waals surface area contributed by atoms with E-state index < -0.39 is 11.6 Å². The lowest BCUT2D eigenvalue weighted by Crippen LogP contribution is -2.40. The zero-order valence-electron chi connectivity index (χ0n) is 15.5. The molecule has 0 aliphatic heterocycles. The summed E-state index contributed by atoms with van der Waals surface area (Å²) >= 11 is 0. The second-order valence-corrected chi connectivity index (χ2v) is 6.84. The van der Waals surface area contributed by atoms with E-state index >= 15 is 0 Å². The maximum absolute atomic E-state index is 13.9. The first-order chi connectivity index (χ1) is 13.2. The molecule has 3 N–H and O–H groups in total. The van der Waals surface area contributed by atoms with Gasteiger partial charge in [0.05, 0.1) is 0 Å². The summed E-state index contributed by atoms with van der Waals surface area (Å²) in [6.07, 6.45) is 3.57.